The summed E-state index contributed by atoms with van der Waals surface area (Å²) in [4.78, 5) is 26.5. The van der Waals surface area contributed by atoms with E-state index in [-0.39, 0.29) is 11.9 Å². The highest BCUT2D eigenvalue weighted by molar-refractivity contribution is 5.86. The molecule has 0 fully saturated rings. The maximum absolute atomic E-state index is 12.9. The van der Waals surface area contributed by atoms with Crippen LogP contribution in [0.5, 0.6) is 0 Å². The van der Waals surface area contributed by atoms with Crippen LogP contribution in [0.25, 0.3) is 0 Å². The molecule has 0 aliphatic rings. The standard InChI is InChI=1S/C20H28N2O3/c1-7-12-16(21-19(24)25-20(3,4)5)18(23)22(6)17(8-2)15-13-10-9-11-14-15/h7-11,13-14,16-17H,1-2,12H2,3-6H3,(H,21,24)/t16-,17?/m0/s1. The minimum atomic E-state index is -0.747. The van der Waals surface area contributed by atoms with Crippen molar-refractivity contribution in [3.63, 3.8) is 0 Å². The smallest absolute Gasteiger partial charge is 0.408 e. The van der Waals surface area contributed by atoms with Crippen molar-refractivity contribution in [1.29, 1.82) is 0 Å². The minimum absolute atomic E-state index is 0.237. The Morgan fingerprint density at radius 1 is 1.24 bits per heavy atom. The monoisotopic (exact) mass is 344 g/mol. The Bertz CT molecular complexity index is 605. The van der Waals surface area contributed by atoms with Crippen molar-refractivity contribution in [2.75, 3.05) is 7.05 Å². The molecule has 0 saturated heterocycles. The zero-order valence-electron chi connectivity index (χ0n) is 15.5. The molecular formula is C20H28N2O3. The van der Waals surface area contributed by atoms with E-state index in [0.29, 0.717) is 6.42 Å². The van der Waals surface area contributed by atoms with Crippen molar-refractivity contribution in [1.82, 2.24) is 10.2 Å². The van der Waals surface area contributed by atoms with Gasteiger partial charge in [-0.25, -0.2) is 4.79 Å². The number of hydrogen-bond acceptors (Lipinski definition) is 3. The van der Waals surface area contributed by atoms with Gasteiger partial charge in [-0.1, -0.05) is 42.5 Å². The molecule has 0 heterocycles. The molecule has 0 aliphatic heterocycles. The molecular weight excluding hydrogens is 316 g/mol. The first kappa shape index (κ1) is 20.5. The van der Waals surface area contributed by atoms with Gasteiger partial charge in [0.2, 0.25) is 5.91 Å². The van der Waals surface area contributed by atoms with Crippen LogP contribution in [0.15, 0.2) is 55.6 Å². The minimum Gasteiger partial charge on any atom is -0.444 e. The van der Waals surface area contributed by atoms with Crippen LogP contribution < -0.4 is 5.32 Å². The average Bonchev–Trinajstić information content (AvgIpc) is 2.53. The zero-order chi connectivity index (χ0) is 19.0. The Morgan fingerprint density at radius 3 is 2.32 bits per heavy atom. The maximum Gasteiger partial charge on any atom is 0.408 e. The molecule has 0 saturated carbocycles. The average molecular weight is 344 g/mol. The van der Waals surface area contributed by atoms with Crippen LogP contribution in [-0.2, 0) is 9.53 Å². The number of amides is 2. The van der Waals surface area contributed by atoms with Crippen LogP contribution in [0.3, 0.4) is 0 Å². The van der Waals surface area contributed by atoms with E-state index in [1.165, 1.54) is 0 Å². The second kappa shape index (κ2) is 9.06. The van der Waals surface area contributed by atoms with Gasteiger partial charge in [-0.05, 0) is 32.8 Å². The third kappa shape index (κ3) is 6.45. The van der Waals surface area contributed by atoms with Gasteiger partial charge in [0.25, 0.3) is 0 Å². The van der Waals surface area contributed by atoms with Crippen molar-refractivity contribution in [3.05, 3.63) is 61.2 Å². The van der Waals surface area contributed by atoms with E-state index in [1.54, 1.807) is 44.9 Å². The lowest BCUT2D eigenvalue weighted by Gasteiger charge is -2.30. The fraction of sp³-hybridized carbons (Fsp3) is 0.400. The highest BCUT2D eigenvalue weighted by atomic mass is 16.6. The van der Waals surface area contributed by atoms with Gasteiger partial charge in [-0.2, -0.15) is 0 Å². The molecule has 0 spiro atoms. The van der Waals surface area contributed by atoms with E-state index in [1.807, 2.05) is 30.3 Å². The summed E-state index contributed by atoms with van der Waals surface area (Å²) in [7, 11) is 1.69. The summed E-state index contributed by atoms with van der Waals surface area (Å²) < 4.78 is 5.24. The number of carbonyl (C=O) groups is 2. The first-order valence-electron chi connectivity index (χ1n) is 8.24. The largest absolute Gasteiger partial charge is 0.444 e. The van der Waals surface area contributed by atoms with Gasteiger partial charge in [-0.3, -0.25) is 4.79 Å². The van der Waals surface area contributed by atoms with E-state index >= 15 is 0 Å². The number of nitrogens with zero attached hydrogens (tertiary/aromatic N) is 1. The number of likely N-dealkylation sites (N-methyl/N-ethyl adjacent to an activating group) is 1. The predicted octanol–water partition coefficient (Wildman–Crippen LogP) is 3.84. The SMILES string of the molecule is C=CC[C@H](NC(=O)OC(C)(C)C)C(=O)N(C)C(C=C)c1ccccc1. The normalized spacial score (nSPS) is 13.3. The molecule has 2 atom stereocenters. The molecule has 25 heavy (non-hydrogen) atoms. The molecule has 0 bridgehead atoms. The quantitative estimate of drug-likeness (QED) is 0.765. The van der Waals surface area contributed by atoms with Crippen molar-refractivity contribution >= 4 is 12.0 Å². The van der Waals surface area contributed by atoms with E-state index in [0.717, 1.165) is 5.56 Å². The number of ether oxygens (including phenoxy) is 1. The molecule has 1 rings (SSSR count). The Balaban J connectivity index is 2.91. The van der Waals surface area contributed by atoms with Gasteiger partial charge in [-0.15, -0.1) is 13.2 Å². The number of benzene rings is 1. The summed E-state index contributed by atoms with van der Waals surface area (Å²) >= 11 is 0. The number of alkyl carbamates (subject to hydrolysis) is 1. The third-order valence-corrected chi connectivity index (χ3v) is 3.52. The van der Waals surface area contributed by atoms with Gasteiger partial charge >= 0.3 is 6.09 Å². The Hall–Kier alpha value is -2.56. The van der Waals surface area contributed by atoms with Crippen LogP contribution in [0.1, 0.15) is 38.8 Å². The molecule has 5 nitrogen and oxygen atoms in total. The molecule has 0 radical (unpaired) electrons. The second-order valence-corrected chi connectivity index (χ2v) is 6.76. The van der Waals surface area contributed by atoms with Gasteiger partial charge < -0.3 is 15.0 Å². The van der Waals surface area contributed by atoms with E-state index < -0.39 is 17.7 Å². The lowest BCUT2D eigenvalue weighted by atomic mass is 10.0. The maximum atomic E-state index is 12.9. The molecule has 0 aliphatic carbocycles. The summed E-state index contributed by atoms with van der Waals surface area (Å²) in [6, 6.07) is 8.55. The molecule has 136 valence electrons. The predicted molar refractivity (Wildman–Crippen MR) is 100 cm³/mol. The van der Waals surface area contributed by atoms with E-state index in [4.69, 9.17) is 4.74 Å². The van der Waals surface area contributed by atoms with Crippen LogP contribution in [0.4, 0.5) is 4.79 Å². The fourth-order valence-electron chi connectivity index (χ4n) is 2.39. The summed E-state index contributed by atoms with van der Waals surface area (Å²) in [5.41, 5.74) is 0.314. The van der Waals surface area contributed by atoms with Gasteiger partial charge in [0, 0.05) is 7.05 Å². The molecule has 0 aromatic heterocycles. The number of rotatable bonds is 7. The molecule has 2 amide bonds. The van der Waals surface area contributed by atoms with E-state index in [9.17, 15) is 9.59 Å². The van der Waals surface area contributed by atoms with Crippen LogP contribution in [-0.4, -0.2) is 35.6 Å². The summed E-state index contributed by atoms with van der Waals surface area (Å²) in [6.45, 7) is 12.8. The van der Waals surface area contributed by atoms with Crippen molar-refractivity contribution in [2.45, 2.75) is 44.9 Å². The first-order valence-corrected chi connectivity index (χ1v) is 8.24. The van der Waals surface area contributed by atoms with Crippen LogP contribution in [0.2, 0.25) is 0 Å². The van der Waals surface area contributed by atoms with Crippen LogP contribution in [0, 0.1) is 0 Å². The lowest BCUT2D eigenvalue weighted by molar-refractivity contribution is -0.133. The molecule has 1 aromatic carbocycles. The van der Waals surface area contributed by atoms with E-state index in [2.05, 4.69) is 18.5 Å². The lowest BCUT2D eigenvalue weighted by Crippen LogP contribution is -2.49. The molecule has 1 aromatic rings. The van der Waals surface area contributed by atoms with Gasteiger partial charge in [0.1, 0.15) is 11.6 Å². The fourth-order valence-corrected chi connectivity index (χ4v) is 2.39. The Kier molecular flexibility index (Phi) is 7.43. The van der Waals surface area contributed by atoms with Crippen molar-refractivity contribution in [2.24, 2.45) is 0 Å². The van der Waals surface area contributed by atoms with Crippen molar-refractivity contribution in [3.8, 4) is 0 Å². The zero-order valence-corrected chi connectivity index (χ0v) is 15.5. The number of carbonyl (C=O) groups excluding carboxylic acids is 2. The molecule has 5 heteroatoms. The first-order chi connectivity index (χ1) is 11.7. The van der Waals surface area contributed by atoms with Gasteiger partial charge in [0.05, 0.1) is 6.04 Å². The molecule has 1 unspecified atom stereocenters. The Labute approximate surface area is 150 Å². The Morgan fingerprint density at radius 2 is 1.84 bits per heavy atom. The second-order valence-electron chi connectivity index (χ2n) is 6.76. The summed E-state index contributed by atoms with van der Waals surface area (Å²) in [5, 5.41) is 2.63. The number of hydrogen-bond donors (Lipinski definition) is 1. The van der Waals surface area contributed by atoms with Crippen LogP contribution >= 0.6 is 0 Å². The van der Waals surface area contributed by atoms with Gasteiger partial charge in [0.15, 0.2) is 0 Å². The number of nitrogens with one attached hydrogen (secondary N) is 1. The third-order valence-electron chi connectivity index (χ3n) is 3.52. The highest BCUT2D eigenvalue weighted by Crippen LogP contribution is 2.21. The summed E-state index contributed by atoms with van der Waals surface area (Å²) in [6.07, 6.45) is 2.97. The molecule has 1 N–H and O–H groups in total. The van der Waals surface area contributed by atoms with Crippen molar-refractivity contribution < 1.29 is 14.3 Å². The summed E-state index contributed by atoms with van der Waals surface area (Å²) in [5.74, 6) is -0.237. The topological polar surface area (TPSA) is 58.6 Å². The highest BCUT2D eigenvalue weighted by Gasteiger charge is 2.28.